The van der Waals surface area contributed by atoms with E-state index in [1.165, 1.54) is 5.75 Å². The lowest BCUT2D eigenvalue weighted by Crippen LogP contribution is -2.41. The van der Waals surface area contributed by atoms with Crippen LogP contribution in [0.25, 0.3) is 0 Å². The third-order valence-corrected chi connectivity index (χ3v) is 4.04. The van der Waals surface area contributed by atoms with Crippen LogP contribution in [0.1, 0.15) is 33.6 Å². The summed E-state index contributed by atoms with van der Waals surface area (Å²) in [5, 5.41) is 3.25. The van der Waals surface area contributed by atoms with E-state index in [1.807, 2.05) is 16.7 Å². The molecule has 1 fully saturated rings. The Balaban J connectivity index is 2.34. The Morgan fingerprint density at radius 2 is 2.31 bits per heavy atom. The third-order valence-electron chi connectivity index (χ3n) is 3.11. The van der Waals surface area contributed by atoms with Crippen molar-refractivity contribution in [1.29, 1.82) is 0 Å². The van der Waals surface area contributed by atoms with E-state index in [9.17, 15) is 4.79 Å². The molecule has 1 rings (SSSR count). The largest absolute Gasteiger partial charge is 0.339 e. The maximum absolute atomic E-state index is 12.0. The molecule has 1 aliphatic heterocycles. The van der Waals surface area contributed by atoms with E-state index in [2.05, 4.69) is 26.1 Å². The normalized spacial score (nSPS) is 22.8. The number of carbonyl (C=O) groups excluding carboxylic acids is 1. The van der Waals surface area contributed by atoms with Gasteiger partial charge < -0.3 is 10.2 Å². The lowest BCUT2D eigenvalue weighted by atomic mass is 10.2. The molecule has 0 radical (unpaired) electrons. The van der Waals surface area contributed by atoms with Gasteiger partial charge in [0.1, 0.15) is 0 Å². The Hall–Kier alpha value is -0.220. The van der Waals surface area contributed by atoms with Crippen molar-refractivity contribution >= 4 is 17.7 Å². The fourth-order valence-electron chi connectivity index (χ4n) is 2.13. The van der Waals surface area contributed by atoms with Gasteiger partial charge in [-0.25, -0.2) is 0 Å². The van der Waals surface area contributed by atoms with E-state index < -0.39 is 0 Å². The Bertz CT molecular complexity index is 223. The van der Waals surface area contributed by atoms with Gasteiger partial charge in [-0.3, -0.25) is 4.79 Å². The number of hydrogen-bond donors (Lipinski definition) is 1. The molecule has 2 unspecified atom stereocenters. The highest BCUT2D eigenvalue weighted by Crippen LogP contribution is 2.17. The highest BCUT2D eigenvalue weighted by atomic mass is 32.2. The SMILES string of the molecule is CCNC1CCN(C(C)CCSCC)C1=O. The minimum absolute atomic E-state index is 0.0753. The van der Waals surface area contributed by atoms with E-state index in [1.54, 1.807) is 0 Å². The van der Waals surface area contributed by atoms with E-state index in [0.29, 0.717) is 11.9 Å². The van der Waals surface area contributed by atoms with E-state index in [4.69, 9.17) is 0 Å². The minimum Gasteiger partial charge on any atom is -0.339 e. The minimum atomic E-state index is 0.0753. The van der Waals surface area contributed by atoms with Gasteiger partial charge in [0.05, 0.1) is 6.04 Å². The predicted octanol–water partition coefficient (Wildman–Crippen LogP) is 1.73. The number of likely N-dealkylation sites (N-methyl/N-ethyl adjacent to an activating group) is 1. The molecule has 1 amide bonds. The van der Waals surface area contributed by atoms with Crippen LogP contribution in [-0.2, 0) is 4.79 Å². The van der Waals surface area contributed by atoms with E-state index in [0.717, 1.165) is 31.7 Å². The average Bonchev–Trinajstić information content (AvgIpc) is 2.62. The van der Waals surface area contributed by atoms with Gasteiger partial charge in [0.25, 0.3) is 0 Å². The summed E-state index contributed by atoms with van der Waals surface area (Å²) >= 11 is 1.95. The van der Waals surface area contributed by atoms with Crippen LogP contribution < -0.4 is 5.32 Å². The zero-order chi connectivity index (χ0) is 12.0. The highest BCUT2D eigenvalue weighted by Gasteiger charge is 2.33. The van der Waals surface area contributed by atoms with Crippen molar-refractivity contribution in [3.05, 3.63) is 0 Å². The standard InChI is InChI=1S/C12H24N2OS/c1-4-13-11-6-8-14(12(11)15)10(3)7-9-16-5-2/h10-11,13H,4-9H2,1-3H3. The molecule has 0 spiro atoms. The van der Waals surface area contributed by atoms with Crippen LogP contribution in [-0.4, -0.2) is 47.5 Å². The molecular formula is C12H24N2OS. The fourth-order valence-corrected chi connectivity index (χ4v) is 2.93. The quantitative estimate of drug-likeness (QED) is 0.692. The topological polar surface area (TPSA) is 32.3 Å². The van der Waals surface area contributed by atoms with Gasteiger partial charge in [0.2, 0.25) is 5.91 Å². The Morgan fingerprint density at radius 3 is 2.94 bits per heavy atom. The van der Waals surface area contributed by atoms with Crippen LogP contribution in [0.15, 0.2) is 0 Å². The van der Waals surface area contributed by atoms with Crippen molar-refractivity contribution in [3.8, 4) is 0 Å². The van der Waals surface area contributed by atoms with Crippen molar-refractivity contribution in [1.82, 2.24) is 10.2 Å². The number of nitrogens with zero attached hydrogens (tertiary/aromatic N) is 1. The molecule has 0 aromatic carbocycles. The molecule has 0 bridgehead atoms. The second kappa shape index (κ2) is 7.17. The van der Waals surface area contributed by atoms with E-state index >= 15 is 0 Å². The highest BCUT2D eigenvalue weighted by molar-refractivity contribution is 7.99. The van der Waals surface area contributed by atoms with Crippen LogP contribution in [0.4, 0.5) is 0 Å². The van der Waals surface area contributed by atoms with Crippen molar-refractivity contribution in [2.24, 2.45) is 0 Å². The zero-order valence-electron chi connectivity index (χ0n) is 10.7. The molecule has 0 aliphatic carbocycles. The number of thioether (sulfide) groups is 1. The predicted molar refractivity (Wildman–Crippen MR) is 70.9 cm³/mol. The molecule has 16 heavy (non-hydrogen) atoms. The average molecular weight is 244 g/mol. The summed E-state index contributed by atoms with van der Waals surface area (Å²) in [5.41, 5.74) is 0. The van der Waals surface area contributed by atoms with Crippen molar-refractivity contribution in [2.75, 3.05) is 24.6 Å². The first-order valence-corrected chi connectivity index (χ1v) is 7.47. The van der Waals surface area contributed by atoms with Crippen molar-refractivity contribution < 1.29 is 4.79 Å². The van der Waals surface area contributed by atoms with E-state index in [-0.39, 0.29) is 6.04 Å². The summed E-state index contributed by atoms with van der Waals surface area (Å²) in [6.07, 6.45) is 2.08. The molecule has 1 N–H and O–H groups in total. The maximum atomic E-state index is 12.0. The molecule has 0 aromatic heterocycles. The summed E-state index contributed by atoms with van der Waals surface area (Å²) in [6, 6.07) is 0.474. The Morgan fingerprint density at radius 1 is 1.56 bits per heavy atom. The summed E-state index contributed by atoms with van der Waals surface area (Å²) in [4.78, 5) is 14.1. The number of hydrogen-bond acceptors (Lipinski definition) is 3. The number of nitrogens with one attached hydrogen (secondary N) is 1. The summed E-state index contributed by atoms with van der Waals surface area (Å²) in [6.45, 7) is 8.20. The van der Waals surface area contributed by atoms with Gasteiger partial charge >= 0.3 is 0 Å². The Labute approximate surface area is 103 Å². The number of carbonyl (C=O) groups is 1. The monoisotopic (exact) mass is 244 g/mol. The van der Waals surface area contributed by atoms with Gasteiger partial charge in [-0.15, -0.1) is 0 Å². The van der Waals surface area contributed by atoms with Crippen LogP contribution >= 0.6 is 11.8 Å². The fraction of sp³-hybridized carbons (Fsp3) is 0.917. The molecule has 1 heterocycles. The first kappa shape index (κ1) is 13.8. The zero-order valence-corrected chi connectivity index (χ0v) is 11.5. The molecule has 1 saturated heterocycles. The molecule has 2 atom stereocenters. The van der Waals surface area contributed by atoms with Crippen LogP contribution in [0, 0.1) is 0 Å². The van der Waals surface area contributed by atoms with Gasteiger partial charge in [-0.1, -0.05) is 13.8 Å². The van der Waals surface area contributed by atoms with Crippen LogP contribution in [0.2, 0.25) is 0 Å². The lowest BCUT2D eigenvalue weighted by molar-refractivity contribution is -0.131. The summed E-state index contributed by atoms with van der Waals surface area (Å²) in [7, 11) is 0. The molecule has 1 aliphatic rings. The van der Waals surface area contributed by atoms with Gasteiger partial charge in [-0.2, -0.15) is 11.8 Å². The second-order valence-electron chi connectivity index (χ2n) is 4.27. The number of amides is 1. The first-order valence-electron chi connectivity index (χ1n) is 6.32. The van der Waals surface area contributed by atoms with Crippen LogP contribution in [0.5, 0.6) is 0 Å². The molecule has 4 heteroatoms. The molecule has 0 aromatic rings. The molecule has 0 saturated carbocycles. The number of rotatable bonds is 7. The lowest BCUT2D eigenvalue weighted by Gasteiger charge is -2.24. The van der Waals surface area contributed by atoms with Crippen LogP contribution in [0.3, 0.4) is 0 Å². The molecular weight excluding hydrogens is 220 g/mol. The third kappa shape index (κ3) is 3.67. The van der Waals surface area contributed by atoms with Gasteiger partial charge in [0.15, 0.2) is 0 Å². The smallest absolute Gasteiger partial charge is 0.240 e. The summed E-state index contributed by atoms with van der Waals surface area (Å²) in [5.74, 6) is 2.63. The van der Waals surface area contributed by atoms with Crippen molar-refractivity contribution in [2.45, 2.75) is 45.7 Å². The van der Waals surface area contributed by atoms with Crippen molar-refractivity contribution in [3.63, 3.8) is 0 Å². The summed E-state index contributed by atoms with van der Waals surface area (Å²) < 4.78 is 0. The molecule has 3 nitrogen and oxygen atoms in total. The molecule has 94 valence electrons. The Kier molecular flexibility index (Phi) is 6.21. The second-order valence-corrected chi connectivity index (χ2v) is 5.66. The maximum Gasteiger partial charge on any atom is 0.240 e. The van der Waals surface area contributed by atoms with Gasteiger partial charge in [0, 0.05) is 12.6 Å². The van der Waals surface area contributed by atoms with Gasteiger partial charge in [-0.05, 0) is 37.8 Å². The number of likely N-dealkylation sites (tertiary alicyclic amines) is 1. The first-order chi connectivity index (χ1) is 7.70.